The fraction of sp³-hybridized carbons (Fsp3) is 0.238. The molecule has 30 heavy (non-hydrogen) atoms. The van der Waals surface area contributed by atoms with Gasteiger partial charge in [-0.15, -0.1) is 0 Å². The first-order valence-electron chi connectivity index (χ1n) is 9.49. The molecular formula is C21H22FN5O2S. The molecule has 0 aliphatic rings. The van der Waals surface area contributed by atoms with Crippen LogP contribution in [0.25, 0.3) is 0 Å². The standard InChI is InChI=1S/C21H22FN5O2S/c1-3-27-18(25-26-21(27)30)10-11-23-19(28)14-9-8-13(2)17(12-14)24-20(29)15-6-4-5-7-16(15)22/h4-9,12H,3,10-11H2,1-2H3,(H,23,28)(H,24,29)(H,26,30). The van der Waals surface area contributed by atoms with Gasteiger partial charge in [-0.3, -0.25) is 14.7 Å². The predicted molar refractivity (Wildman–Crippen MR) is 115 cm³/mol. The van der Waals surface area contributed by atoms with Crippen LogP contribution in [0, 0.1) is 17.5 Å². The van der Waals surface area contributed by atoms with Crippen molar-refractivity contribution < 1.29 is 14.0 Å². The Bertz CT molecular complexity index is 1140. The minimum absolute atomic E-state index is 0.0592. The van der Waals surface area contributed by atoms with E-state index in [-0.39, 0.29) is 11.5 Å². The minimum atomic E-state index is -0.605. The maximum absolute atomic E-state index is 13.8. The van der Waals surface area contributed by atoms with E-state index in [2.05, 4.69) is 20.8 Å². The number of aromatic nitrogens is 3. The highest BCUT2D eigenvalue weighted by atomic mass is 32.1. The molecule has 0 fully saturated rings. The summed E-state index contributed by atoms with van der Waals surface area (Å²) in [7, 11) is 0. The third-order valence-corrected chi connectivity index (χ3v) is 4.97. The molecule has 0 aliphatic carbocycles. The summed E-state index contributed by atoms with van der Waals surface area (Å²) in [4.78, 5) is 24.9. The van der Waals surface area contributed by atoms with Crippen LogP contribution in [-0.2, 0) is 13.0 Å². The lowest BCUT2D eigenvalue weighted by Gasteiger charge is -2.11. The predicted octanol–water partition coefficient (Wildman–Crippen LogP) is 3.63. The zero-order valence-corrected chi connectivity index (χ0v) is 17.5. The molecule has 3 N–H and O–H groups in total. The van der Waals surface area contributed by atoms with Crippen molar-refractivity contribution in [3.8, 4) is 0 Å². The van der Waals surface area contributed by atoms with Crippen LogP contribution in [0.15, 0.2) is 42.5 Å². The SMILES string of the molecule is CCn1c(CCNC(=O)c2ccc(C)c(NC(=O)c3ccccc3F)c2)n[nH]c1=S. The average molecular weight is 428 g/mol. The molecule has 3 aromatic rings. The van der Waals surface area contributed by atoms with Crippen molar-refractivity contribution in [1.29, 1.82) is 0 Å². The van der Waals surface area contributed by atoms with Crippen LogP contribution in [-0.4, -0.2) is 33.1 Å². The molecule has 156 valence electrons. The molecule has 0 atom stereocenters. The number of carbonyl (C=O) groups excluding carboxylic acids is 2. The van der Waals surface area contributed by atoms with E-state index in [1.165, 1.54) is 18.2 Å². The summed E-state index contributed by atoms with van der Waals surface area (Å²) < 4.78 is 16.3. The van der Waals surface area contributed by atoms with Crippen LogP contribution in [0.5, 0.6) is 0 Å². The van der Waals surface area contributed by atoms with Gasteiger partial charge in [-0.1, -0.05) is 18.2 Å². The zero-order valence-electron chi connectivity index (χ0n) is 16.7. The van der Waals surface area contributed by atoms with Gasteiger partial charge < -0.3 is 15.2 Å². The van der Waals surface area contributed by atoms with Crippen LogP contribution < -0.4 is 10.6 Å². The molecule has 0 unspecified atom stereocenters. The highest BCUT2D eigenvalue weighted by Crippen LogP contribution is 2.19. The summed E-state index contributed by atoms with van der Waals surface area (Å²) in [6.07, 6.45) is 0.523. The lowest BCUT2D eigenvalue weighted by atomic mass is 10.1. The van der Waals surface area contributed by atoms with E-state index in [9.17, 15) is 14.0 Å². The molecule has 1 heterocycles. The fourth-order valence-corrected chi connectivity index (χ4v) is 3.27. The van der Waals surface area contributed by atoms with Gasteiger partial charge in [0.25, 0.3) is 11.8 Å². The van der Waals surface area contributed by atoms with Crippen LogP contribution in [0.3, 0.4) is 0 Å². The average Bonchev–Trinajstić information content (AvgIpc) is 3.09. The molecule has 0 radical (unpaired) electrons. The monoisotopic (exact) mass is 427 g/mol. The summed E-state index contributed by atoms with van der Waals surface area (Å²) in [6.45, 7) is 4.84. The molecule has 3 rings (SSSR count). The van der Waals surface area contributed by atoms with Gasteiger partial charge in [0.2, 0.25) is 0 Å². The number of H-pyrrole nitrogens is 1. The maximum Gasteiger partial charge on any atom is 0.258 e. The normalized spacial score (nSPS) is 10.6. The number of halogens is 1. The molecule has 9 heteroatoms. The highest BCUT2D eigenvalue weighted by Gasteiger charge is 2.14. The van der Waals surface area contributed by atoms with Gasteiger partial charge in [-0.05, 0) is 55.9 Å². The lowest BCUT2D eigenvalue weighted by Crippen LogP contribution is -2.26. The van der Waals surface area contributed by atoms with Gasteiger partial charge in [-0.2, -0.15) is 5.10 Å². The number of anilines is 1. The van der Waals surface area contributed by atoms with E-state index in [0.717, 1.165) is 11.4 Å². The van der Waals surface area contributed by atoms with Crippen molar-refractivity contribution >= 4 is 29.7 Å². The third kappa shape index (κ3) is 4.80. The molecule has 0 aliphatic heterocycles. The van der Waals surface area contributed by atoms with Crippen LogP contribution in [0.1, 0.15) is 39.0 Å². The summed E-state index contributed by atoms with van der Waals surface area (Å²) in [5, 5.41) is 12.4. The molecular weight excluding hydrogens is 405 g/mol. The van der Waals surface area contributed by atoms with E-state index in [1.54, 1.807) is 31.2 Å². The quantitative estimate of drug-likeness (QED) is 0.502. The number of aromatic amines is 1. The Balaban J connectivity index is 1.66. The van der Waals surface area contributed by atoms with Crippen molar-refractivity contribution in [2.75, 3.05) is 11.9 Å². The van der Waals surface area contributed by atoms with E-state index in [0.29, 0.717) is 35.5 Å². The number of carbonyl (C=O) groups is 2. The number of rotatable bonds is 7. The van der Waals surface area contributed by atoms with Crippen LogP contribution in [0.2, 0.25) is 0 Å². The first kappa shape index (κ1) is 21.4. The second-order valence-electron chi connectivity index (χ2n) is 6.66. The molecule has 0 saturated heterocycles. The lowest BCUT2D eigenvalue weighted by molar-refractivity contribution is 0.0952. The van der Waals surface area contributed by atoms with Crippen molar-refractivity contribution in [3.05, 3.63) is 75.6 Å². The Morgan fingerprint density at radius 2 is 1.97 bits per heavy atom. The zero-order chi connectivity index (χ0) is 21.7. The van der Waals surface area contributed by atoms with E-state index >= 15 is 0 Å². The number of benzene rings is 2. The third-order valence-electron chi connectivity index (χ3n) is 4.65. The Morgan fingerprint density at radius 1 is 1.20 bits per heavy atom. The highest BCUT2D eigenvalue weighted by molar-refractivity contribution is 7.71. The van der Waals surface area contributed by atoms with Gasteiger partial charge >= 0.3 is 0 Å². The van der Waals surface area contributed by atoms with E-state index < -0.39 is 11.7 Å². The van der Waals surface area contributed by atoms with Crippen LogP contribution in [0.4, 0.5) is 10.1 Å². The second-order valence-corrected chi connectivity index (χ2v) is 7.05. The minimum Gasteiger partial charge on any atom is -0.352 e. The molecule has 0 spiro atoms. The van der Waals surface area contributed by atoms with Crippen molar-refractivity contribution in [2.24, 2.45) is 0 Å². The summed E-state index contributed by atoms with van der Waals surface area (Å²) in [6, 6.07) is 10.7. The number of nitrogens with one attached hydrogen (secondary N) is 3. The molecule has 1 aromatic heterocycles. The second kappa shape index (κ2) is 9.45. The molecule has 0 saturated carbocycles. The number of amides is 2. The van der Waals surface area contributed by atoms with Gasteiger partial charge in [-0.25, -0.2) is 4.39 Å². The smallest absolute Gasteiger partial charge is 0.258 e. The number of nitrogens with zero attached hydrogens (tertiary/aromatic N) is 2. The maximum atomic E-state index is 13.8. The van der Waals surface area contributed by atoms with Crippen molar-refractivity contribution in [2.45, 2.75) is 26.8 Å². The summed E-state index contributed by atoms with van der Waals surface area (Å²) in [5.41, 5.74) is 1.53. The number of aryl methyl sites for hydroxylation is 1. The van der Waals surface area contributed by atoms with Crippen molar-refractivity contribution in [3.63, 3.8) is 0 Å². The Kier molecular flexibility index (Phi) is 6.73. The molecule has 7 nitrogen and oxygen atoms in total. The first-order valence-corrected chi connectivity index (χ1v) is 9.90. The van der Waals surface area contributed by atoms with Gasteiger partial charge in [0.05, 0.1) is 5.56 Å². The molecule has 0 bridgehead atoms. The number of hydrogen-bond acceptors (Lipinski definition) is 4. The van der Waals surface area contributed by atoms with Crippen molar-refractivity contribution in [1.82, 2.24) is 20.1 Å². The number of hydrogen-bond donors (Lipinski definition) is 3. The van der Waals surface area contributed by atoms with Crippen LogP contribution >= 0.6 is 12.2 Å². The summed E-state index contributed by atoms with van der Waals surface area (Å²) >= 11 is 5.15. The summed E-state index contributed by atoms with van der Waals surface area (Å²) in [5.74, 6) is -0.694. The molecule has 2 aromatic carbocycles. The largest absolute Gasteiger partial charge is 0.352 e. The van der Waals surface area contributed by atoms with E-state index in [1.807, 2.05) is 11.5 Å². The Labute approximate surface area is 178 Å². The fourth-order valence-electron chi connectivity index (χ4n) is 2.99. The van der Waals surface area contributed by atoms with Gasteiger partial charge in [0, 0.05) is 30.8 Å². The van der Waals surface area contributed by atoms with Gasteiger partial charge in [0.15, 0.2) is 4.77 Å². The van der Waals surface area contributed by atoms with E-state index in [4.69, 9.17) is 12.2 Å². The molecule has 2 amide bonds. The Morgan fingerprint density at radius 3 is 2.70 bits per heavy atom. The van der Waals surface area contributed by atoms with Gasteiger partial charge in [0.1, 0.15) is 11.6 Å². The topological polar surface area (TPSA) is 91.8 Å². The first-order chi connectivity index (χ1) is 14.4. The Hall–Kier alpha value is -3.33.